The number of esters is 1. The summed E-state index contributed by atoms with van der Waals surface area (Å²) < 4.78 is 5.47. The van der Waals surface area contributed by atoms with Crippen molar-refractivity contribution in [3.8, 4) is 16.3 Å². The van der Waals surface area contributed by atoms with Crippen LogP contribution in [0.4, 0.5) is 0 Å². The number of nitrogens with zero attached hydrogens (tertiary/aromatic N) is 1. The van der Waals surface area contributed by atoms with Gasteiger partial charge in [0.1, 0.15) is 10.8 Å². The molecule has 0 N–H and O–H groups in total. The number of carbonyl (C=O) groups excluding carboxylic acids is 1. The molecule has 4 rings (SSSR count). The summed E-state index contributed by atoms with van der Waals surface area (Å²) in [5.41, 5.74) is 1.68. The van der Waals surface area contributed by atoms with Crippen LogP contribution in [-0.2, 0) is 11.2 Å². The van der Waals surface area contributed by atoms with Crippen LogP contribution in [0.25, 0.3) is 21.3 Å². The van der Waals surface area contributed by atoms with Crippen molar-refractivity contribution < 1.29 is 9.53 Å². The number of benzene rings is 3. The third-order valence-corrected chi connectivity index (χ3v) is 5.11. The number of thiazole rings is 1. The Kier molecular flexibility index (Phi) is 4.69. The van der Waals surface area contributed by atoms with Crippen LogP contribution in [0.3, 0.4) is 0 Å². The minimum Gasteiger partial charge on any atom is -0.426 e. The second kappa shape index (κ2) is 7.28. The van der Waals surface area contributed by atoms with E-state index in [0.717, 1.165) is 21.3 Å². The van der Waals surface area contributed by atoms with E-state index in [2.05, 4.69) is 4.98 Å². The standard InChI is InChI=1S/C21H14ClNO2S/c22-17-8-5-15(6-9-17)21-23-18(13-26-21)12-20(24)25-19-10-7-14-3-1-2-4-16(14)11-19/h1-11,13H,12H2. The van der Waals surface area contributed by atoms with Crippen molar-refractivity contribution in [2.45, 2.75) is 6.42 Å². The topological polar surface area (TPSA) is 39.2 Å². The molecule has 0 bridgehead atoms. The van der Waals surface area contributed by atoms with E-state index in [1.165, 1.54) is 11.3 Å². The van der Waals surface area contributed by atoms with Crippen LogP contribution in [0.2, 0.25) is 5.02 Å². The van der Waals surface area contributed by atoms with Gasteiger partial charge >= 0.3 is 5.97 Å². The third-order valence-electron chi connectivity index (χ3n) is 3.92. The summed E-state index contributed by atoms with van der Waals surface area (Å²) in [4.78, 5) is 16.7. The quantitative estimate of drug-likeness (QED) is 0.334. The number of aromatic nitrogens is 1. The Bertz CT molecular complexity index is 1070. The molecule has 0 aliphatic carbocycles. The molecule has 0 unspecified atom stereocenters. The van der Waals surface area contributed by atoms with Crippen molar-refractivity contribution in [3.63, 3.8) is 0 Å². The molecule has 26 heavy (non-hydrogen) atoms. The van der Waals surface area contributed by atoms with Crippen LogP contribution < -0.4 is 4.74 Å². The van der Waals surface area contributed by atoms with E-state index < -0.39 is 0 Å². The maximum atomic E-state index is 12.2. The summed E-state index contributed by atoms with van der Waals surface area (Å²) in [6.07, 6.45) is 0.136. The molecule has 4 aromatic rings. The molecule has 0 saturated heterocycles. The molecule has 0 atom stereocenters. The van der Waals surface area contributed by atoms with Crippen LogP contribution in [-0.4, -0.2) is 11.0 Å². The smallest absolute Gasteiger partial charge is 0.317 e. The number of ether oxygens (including phenoxy) is 1. The summed E-state index contributed by atoms with van der Waals surface area (Å²) in [5.74, 6) is 0.218. The van der Waals surface area contributed by atoms with Crippen molar-refractivity contribution >= 4 is 39.7 Å². The van der Waals surface area contributed by atoms with Crippen LogP contribution in [0.5, 0.6) is 5.75 Å². The van der Waals surface area contributed by atoms with E-state index in [1.807, 2.05) is 66.0 Å². The van der Waals surface area contributed by atoms with Crippen LogP contribution in [0.15, 0.2) is 72.1 Å². The minimum atomic E-state index is -0.326. The maximum absolute atomic E-state index is 12.2. The molecule has 1 heterocycles. The fraction of sp³-hybridized carbons (Fsp3) is 0.0476. The zero-order valence-electron chi connectivity index (χ0n) is 13.7. The van der Waals surface area contributed by atoms with Gasteiger partial charge in [-0.05, 0) is 35.0 Å². The van der Waals surface area contributed by atoms with Crippen LogP contribution >= 0.6 is 22.9 Å². The van der Waals surface area contributed by atoms with E-state index in [1.54, 1.807) is 6.07 Å². The number of hydrogen-bond donors (Lipinski definition) is 0. The number of hydrogen-bond acceptors (Lipinski definition) is 4. The van der Waals surface area contributed by atoms with E-state index in [-0.39, 0.29) is 12.4 Å². The first-order valence-corrected chi connectivity index (χ1v) is 9.33. The average Bonchev–Trinajstić information content (AvgIpc) is 3.10. The van der Waals surface area contributed by atoms with Gasteiger partial charge in [0.25, 0.3) is 0 Å². The number of carbonyl (C=O) groups is 1. The molecular weight excluding hydrogens is 366 g/mol. The first-order valence-electron chi connectivity index (χ1n) is 8.07. The van der Waals surface area contributed by atoms with E-state index in [9.17, 15) is 4.79 Å². The van der Waals surface area contributed by atoms with Gasteiger partial charge in [0.15, 0.2) is 0 Å². The fourth-order valence-electron chi connectivity index (χ4n) is 2.66. The van der Waals surface area contributed by atoms with Gasteiger partial charge in [0.05, 0.1) is 12.1 Å². The highest BCUT2D eigenvalue weighted by Crippen LogP contribution is 2.26. The van der Waals surface area contributed by atoms with Crippen molar-refractivity contribution in [2.24, 2.45) is 0 Å². The van der Waals surface area contributed by atoms with E-state index in [4.69, 9.17) is 16.3 Å². The Morgan fingerprint density at radius 2 is 1.77 bits per heavy atom. The largest absolute Gasteiger partial charge is 0.426 e. The van der Waals surface area contributed by atoms with Crippen molar-refractivity contribution in [3.05, 3.63) is 82.8 Å². The SMILES string of the molecule is O=C(Cc1csc(-c2ccc(Cl)cc2)n1)Oc1ccc2ccccc2c1. The Labute approximate surface area is 159 Å². The highest BCUT2D eigenvalue weighted by molar-refractivity contribution is 7.13. The van der Waals surface area contributed by atoms with Crippen molar-refractivity contribution in [1.29, 1.82) is 0 Å². The summed E-state index contributed by atoms with van der Waals surface area (Å²) in [7, 11) is 0. The molecule has 3 nitrogen and oxygen atoms in total. The van der Waals surface area contributed by atoms with Gasteiger partial charge in [-0.3, -0.25) is 4.79 Å². The van der Waals surface area contributed by atoms with Gasteiger partial charge in [-0.2, -0.15) is 0 Å². The number of rotatable bonds is 4. The van der Waals surface area contributed by atoms with Gasteiger partial charge in [-0.15, -0.1) is 11.3 Å². The summed E-state index contributed by atoms with van der Waals surface area (Å²) in [6.45, 7) is 0. The molecule has 1 aromatic heterocycles. The Morgan fingerprint density at radius 3 is 2.58 bits per heavy atom. The lowest BCUT2D eigenvalue weighted by Crippen LogP contribution is -2.11. The third kappa shape index (κ3) is 3.77. The Hall–Kier alpha value is -2.69. The van der Waals surface area contributed by atoms with Crippen LogP contribution in [0.1, 0.15) is 5.69 Å². The number of fused-ring (bicyclic) bond motifs is 1. The molecule has 0 amide bonds. The summed E-state index contributed by atoms with van der Waals surface area (Å²) in [6, 6.07) is 21.1. The lowest BCUT2D eigenvalue weighted by molar-refractivity contribution is -0.133. The minimum absolute atomic E-state index is 0.136. The number of halogens is 1. The second-order valence-corrected chi connectivity index (χ2v) is 7.11. The second-order valence-electron chi connectivity index (χ2n) is 5.81. The highest BCUT2D eigenvalue weighted by Gasteiger charge is 2.11. The molecule has 128 valence electrons. The molecule has 5 heteroatoms. The zero-order chi connectivity index (χ0) is 17.9. The first-order chi connectivity index (χ1) is 12.7. The fourth-order valence-corrected chi connectivity index (χ4v) is 3.61. The molecule has 0 saturated carbocycles. The average molecular weight is 380 g/mol. The highest BCUT2D eigenvalue weighted by atomic mass is 35.5. The maximum Gasteiger partial charge on any atom is 0.317 e. The normalized spacial score (nSPS) is 10.8. The van der Waals surface area contributed by atoms with Crippen molar-refractivity contribution in [2.75, 3.05) is 0 Å². The molecule has 0 fully saturated rings. The molecule has 3 aromatic carbocycles. The first kappa shape index (κ1) is 16.8. The molecule has 0 radical (unpaired) electrons. The monoisotopic (exact) mass is 379 g/mol. The Balaban J connectivity index is 1.45. The molecule has 0 aliphatic rings. The summed E-state index contributed by atoms with van der Waals surface area (Å²) in [5, 5.41) is 5.57. The van der Waals surface area contributed by atoms with Crippen molar-refractivity contribution in [1.82, 2.24) is 4.98 Å². The van der Waals surface area contributed by atoms with Crippen LogP contribution in [0, 0.1) is 0 Å². The van der Waals surface area contributed by atoms with Gasteiger partial charge < -0.3 is 4.74 Å². The van der Waals surface area contributed by atoms with E-state index >= 15 is 0 Å². The zero-order valence-corrected chi connectivity index (χ0v) is 15.3. The van der Waals surface area contributed by atoms with Gasteiger partial charge in [-0.25, -0.2) is 4.98 Å². The molecule has 0 aliphatic heterocycles. The Morgan fingerprint density at radius 1 is 1.00 bits per heavy atom. The van der Waals surface area contributed by atoms with Gasteiger partial charge in [-0.1, -0.05) is 54.1 Å². The predicted octanol–water partition coefficient (Wildman–Crippen LogP) is 5.76. The van der Waals surface area contributed by atoms with E-state index in [0.29, 0.717) is 16.5 Å². The van der Waals surface area contributed by atoms with Gasteiger partial charge in [0.2, 0.25) is 0 Å². The lowest BCUT2D eigenvalue weighted by atomic mass is 10.1. The van der Waals surface area contributed by atoms with Gasteiger partial charge in [0, 0.05) is 16.0 Å². The summed E-state index contributed by atoms with van der Waals surface area (Å²) >= 11 is 7.41. The lowest BCUT2D eigenvalue weighted by Gasteiger charge is -2.05. The predicted molar refractivity (Wildman–Crippen MR) is 106 cm³/mol. The molecular formula is C21H14ClNO2S. The molecule has 0 spiro atoms.